The van der Waals surface area contributed by atoms with Gasteiger partial charge in [0.05, 0.1) is 0 Å². The van der Waals surface area contributed by atoms with Crippen LogP contribution in [0.1, 0.15) is 33.1 Å². The van der Waals surface area contributed by atoms with Gasteiger partial charge < -0.3 is 15.5 Å². The van der Waals surface area contributed by atoms with Crippen LogP contribution in [-0.2, 0) is 4.79 Å². The fourth-order valence-electron chi connectivity index (χ4n) is 1.31. The number of aliphatic hydroxyl groups excluding tert-OH is 1. The summed E-state index contributed by atoms with van der Waals surface area (Å²) in [5, 5.41) is 21.0. The maximum absolute atomic E-state index is 11.0. The predicted octanol–water partition coefficient (Wildman–Crippen LogP) is 1.33. The van der Waals surface area contributed by atoms with Crippen LogP contribution in [-0.4, -0.2) is 46.4 Å². The van der Waals surface area contributed by atoms with Gasteiger partial charge in [0.25, 0.3) is 0 Å². The van der Waals surface area contributed by atoms with Crippen molar-refractivity contribution in [2.75, 3.05) is 19.4 Å². The van der Waals surface area contributed by atoms with E-state index in [2.05, 4.69) is 12.2 Å². The lowest BCUT2D eigenvalue weighted by Crippen LogP contribution is -2.47. The van der Waals surface area contributed by atoms with Crippen LogP contribution >= 0.6 is 11.8 Å². The van der Waals surface area contributed by atoms with Crippen LogP contribution < -0.4 is 5.32 Å². The number of aliphatic carboxylic acids is 1. The molecule has 0 saturated carbocycles. The van der Waals surface area contributed by atoms with Gasteiger partial charge in [-0.3, -0.25) is 4.79 Å². The van der Waals surface area contributed by atoms with Gasteiger partial charge in [0.2, 0.25) is 0 Å². The van der Waals surface area contributed by atoms with E-state index in [1.165, 1.54) is 0 Å². The third kappa shape index (κ3) is 5.72. The van der Waals surface area contributed by atoms with E-state index in [0.717, 1.165) is 18.6 Å². The number of carboxylic acids is 1. The SMILES string of the molecule is CNC(C)(CCCSC(C)CCO)C(=O)O. The molecule has 0 rings (SSSR count). The number of thioether (sulfide) groups is 1. The molecule has 0 spiro atoms. The maximum Gasteiger partial charge on any atom is 0.323 e. The molecule has 2 unspecified atom stereocenters. The molecule has 3 N–H and O–H groups in total. The first-order chi connectivity index (χ1) is 7.46. The fourth-order valence-corrected chi connectivity index (χ4v) is 2.30. The molecule has 0 aliphatic heterocycles. The van der Waals surface area contributed by atoms with Crippen LogP contribution in [0.25, 0.3) is 0 Å². The molecule has 16 heavy (non-hydrogen) atoms. The molecule has 0 aromatic heterocycles. The fraction of sp³-hybridized carbons (Fsp3) is 0.909. The molecule has 0 amide bonds. The summed E-state index contributed by atoms with van der Waals surface area (Å²) in [7, 11) is 1.68. The minimum absolute atomic E-state index is 0.220. The van der Waals surface area contributed by atoms with Crippen LogP contribution in [0, 0.1) is 0 Å². The molecular formula is C11H23NO3S. The van der Waals surface area contributed by atoms with Crippen LogP contribution in [0.4, 0.5) is 0 Å². The minimum atomic E-state index is -0.819. The van der Waals surface area contributed by atoms with Crippen LogP contribution in [0.3, 0.4) is 0 Å². The smallest absolute Gasteiger partial charge is 0.323 e. The number of rotatable bonds is 9. The Morgan fingerprint density at radius 1 is 1.56 bits per heavy atom. The molecule has 96 valence electrons. The maximum atomic E-state index is 11.0. The molecule has 5 heteroatoms. The second-order valence-electron chi connectivity index (χ2n) is 4.18. The monoisotopic (exact) mass is 249 g/mol. The molecule has 2 atom stereocenters. The Hall–Kier alpha value is -0.260. The summed E-state index contributed by atoms with van der Waals surface area (Å²) in [4.78, 5) is 11.0. The van der Waals surface area contributed by atoms with E-state index in [1.807, 2.05) is 0 Å². The summed E-state index contributed by atoms with van der Waals surface area (Å²) >= 11 is 1.78. The Balaban J connectivity index is 3.76. The van der Waals surface area contributed by atoms with Gasteiger partial charge in [-0.2, -0.15) is 11.8 Å². The molecule has 0 heterocycles. The summed E-state index contributed by atoms with van der Waals surface area (Å²) in [6.07, 6.45) is 2.29. The van der Waals surface area contributed by atoms with Gasteiger partial charge in [-0.1, -0.05) is 6.92 Å². The Kier molecular flexibility index (Phi) is 7.80. The Morgan fingerprint density at radius 3 is 2.62 bits per heavy atom. The van der Waals surface area contributed by atoms with Gasteiger partial charge in [-0.25, -0.2) is 0 Å². The standard InChI is InChI=1S/C11H23NO3S/c1-9(5-7-13)16-8-4-6-11(2,12-3)10(14)15/h9,12-13H,4-8H2,1-3H3,(H,14,15). The molecule has 0 saturated heterocycles. The minimum Gasteiger partial charge on any atom is -0.480 e. The van der Waals surface area contributed by atoms with Crippen molar-refractivity contribution in [3.63, 3.8) is 0 Å². The Morgan fingerprint density at radius 2 is 2.19 bits per heavy atom. The highest BCUT2D eigenvalue weighted by atomic mass is 32.2. The first kappa shape index (κ1) is 15.7. The van der Waals surface area contributed by atoms with Gasteiger partial charge in [0.1, 0.15) is 5.54 Å². The second kappa shape index (κ2) is 7.92. The average Bonchev–Trinajstić information content (AvgIpc) is 2.24. The lowest BCUT2D eigenvalue weighted by atomic mass is 9.97. The molecule has 0 aliphatic carbocycles. The van der Waals surface area contributed by atoms with Gasteiger partial charge in [0, 0.05) is 11.9 Å². The summed E-state index contributed by atoms with van der Waals surface area (Å²) in [5.74, 6) is 0.134. The second-order valence-corrected chi connectivity index (χ2v) is 5.73. The van der Waals surface area contributed by atoms with E-state index < -0.39 is 11.5 Å². The lowest BCUT2D eigenvalue weighted by Gasteiger charge is -2.24. The molecular weight excluding hydrogens is 226 g/mol. The largest absolute Gasteiger partial charge is 0.480 e. The molecule has 0 fully saturated rings. The van der Waals surface area contributed by atoms with E-state index in [4.69, 9.17) is 10.2 Å². The molecule has 0 aromatic carbocycles. The van der Waals surface area contributed by atoms with Crippen molar-refractivity contribution in [2.45, 2.75) is 43.9 Å². The molecule has 0 bridgehead atoms. The predicted molar refractivity (Wildman–Crippen MR) is 68.0 cm³/mol. The first-order valence-corrected chi connectivity index (χ1v) is 6.66. The van der Waals surface area contributed by atoms with E-state index in [0.29, 0.717) is 11.7 Å². The van der Waals surface area contributed by atoms with Crippen LogP contribution in [0.2, 0.25) is 0 Å². The Bertz CT molecular complexity index is 213. The number of nitrogens with one attached hydrogen (secondary N) is 1. The van der Waals surface area contributed by atoms with E-state index in [-0.39, 0.29) is 6.61 Å². The Labute approximate surface area is 102 Å². The molecule has 0 radical (unpaired) electrons. The third-order valence-corrected chi connectivity index (χ3v) is 4.11. The van der Waals surface area contributed by atoms with Crippen LogP contribution in [0.15, 0.2) is 0 Å². The third-order valence-electron chi connectivity index (χ3n) is 2.78. The highest BCUT2D eigenvalue weighted by Crippen LogP contribution is 2.19. The van der Waals surface area contributed by atoms with Crippen molar-refractivity contribution in [2.24, 2.45) is 0 Å². The number of likely N-dealkylation sites (N-methyl/N-ethyl adjacent to an activating group) is 1. The average molecular weight is 249 g/mol. The van der Waals surface area contributed by atoms with E-state index >= 15 is 0 Å². The zero-order chi connectivity index (χ0) is 12.6. The van der Waals surface area contributed by atoms with Crippen LogP contribution in [0.5, 0.6) is 0 Å². The number of carbonyl (C=O) groups is 1. The van der Waals surface area contributed by atoms with Crippen molar-refractivity contribution in [1.82, 2.24) is 5.32 Å². The summed E-state index contributed by atoms with van der Waals surface area (Å²) in [5.41, 5.74) is -0.819. The lowest BCUT2D eigenvalue weighted by molar-refractivity contribution is -0.144. The van der Waals surface area contributed by atoms with Gasteiger partial charge >= 0.3 is 5.97 Å². The molecule has 4 nitrogen and oxygen atoms in total. The summed E-state index contributed by atoms with van der Waals surface area (Å²) in [6, 6.07) is 0. The summed E-state index contributed by atoms with van der Waals surface area (Å²) in [6.45, 7) is 4.00. The van der Waals surface area contributed by atoms with Crippen molar-refractivity contribution < 1.29 is 15.0 Å². The zero-order valence-corrected chi connectivity index (χ0v) is 11.1. The van der Waals surface area contributed by atoms with Crippen molar-refractivity contribution >= 4 is 17.7 Å². The summed E-state index contributed by atoms with van der Waals surface area (Å²) < 4.78 is 0. The van der Waals surface area contributed by atoms with E-state index in [9.17, 15) is 4.79 Å². The van der Waals surface area contributed by atoms with Crippen molar-refractivity contribution in [3.05, 3.63) is 0 Å². The number of carboxylic acid groups (broad SMARTS) is 1. The molecule has 0 aromatic rings. The zero-order valence-electron chi connectivity index (χ0n) is 10.3. The number of aliphatic hydroxyl groups is 1. The highest BCUT2D eigenvalue weighted by molar-refractivity contribution is 7.99. The van der Waals surface area contributed by atoms with Crippen molar-refractivity contribution in [1.29, 1.82) is 0 Å². The normalized spacial score (nSPS) is 16.8. The van der Waals surface area contributed by atoms with Gasteiger partial charge in [-0.05, 0) is 39.0 Å². The van der Waals surface area contributed by atoms with Gasteiger partial charge in [0.15, 0.2) is 0 Å². The number of hydrogen-bond donors (Lipinski definition) is 3. The number of hydrogen-bond acceptors (Lipinski definition) is 4. The van der Waals surface area contributed by atoms with E-state index in [1.54, 1.807) is 25.7 Å². The van der Waals surface area contributed by atoms with Crippen molar-refractivity contribution in [3.8, 4) is 0 Å². The highest BCUT2D eigenvalue weighted by Gasteiger charge is 2.30. The quantitative estimate of drug-likeness (QED) is 0.538. The molecule has 0 aliphatic rings. The van der Waals surface area contributed by atoms with Gasteiger partial charge in [-0.15, -0.1) is 0 Å². The first-order valence-electron chi connectivity index (χ1n) is 5.61. The topological polar surface area (TPSA) is 69.6 Å².